The normalized spacial score (nSPS) is 17.6. The van der Waals surface area contributed by atoms with Crippen LogP contribution in [0.25, 0.3) is 0 Å². The smallest absolute Gasteiger partial charge is 0.122 e. The standard InChI is InChI=1S/C17H27NO/c1-3-13-8-9-17(19-2)16(12-13)15(10-11-18)14-6-4-5-7-14/h8-9,12,14-15H,3-7,10-11,18H2,1-2H3. The Hall–Kier alpha value is -1.02. The Labute approximate surface area is 117 Å². The van der Waals surface area contributed by atoms with E-state index in [4.69, 9.17) is 10.5 Å². The molecule has 0 aliphatic heterocycles. The molecular weight excluding hydrogens is 234 g/mol. The van der Waals surface area contributed by atoms with Gasteiger partial charge in [0.1, 0.15) is 5.75 Å². The zero-order valence-electron chi connectivity index (χ0n) is 12.3. The highest BCUT2D eigenvalue weighted by Gasteiger charge is 2.27. The van der Waals surface area contributed by atoms with Gasteiger partial charge in [-0.05, 0) is 61.3 Å². The first kappa shape index (κ1) is 14.4. The summed E-state index contributed by atoms with van der Waals surface area (Å²) in [5, 5.41) is 0. The van der Waals surface area contributed by atoms with Gasteiger partial charge in [0.25, 0.3) is 0 Å². The van der Waals surface area contributed by atoms with E-state index in [2.05, 4.69) is 25.1 Å². The van der Waals surface area contributed by atoms with Crippen LogP contribution < -0.4 is 10.5 Å². The Morgan fingerprint density at radius 3 is 2.63 bits per heavy atom. The van der Waals surface area contributed by atoms with E-state index >= 15 is 0 Å². The van der Waals surface area contributed by atoms with Crippen molar-refractivity contribution in [3.8, 4) is 5.75 Å². The SMILES string of the molecule is CCc1ccc(OC)c(C(CCN)C2CCCC2)c1. The maximum Gasteiger partial charge on any atom is 0.122 e. The van der Waals surface area contributed by atoms with Crippen LogP contribution in [0.5, 0.6) is 5.75 Å². The van der Waals surface area contributed by atoms with E-state index in [1.165, 1.54) is 36.8 Å². The van der Waals surface area contributed by atoms with Gasteiger partial charge in [-0.25, -0.2) is 0 Å². The summed E-state index contributed by atoms with van der Waals surface area (Å²) < 4.78 is 5.59. The van der Waals surface area contributed by atoms with E-state index in [0.29, 0.717) is 5.92 Å². The van der Waals surface area contributed by atoms with Gasteiger partial charge in [-0.1, -0.05) is 31.9 Å². The Bertz CT molecular complexity index is 396. The van der Waals surface area contributed by atoms with Gasteiger partial charge < -0.3 is 10.5 Å². The minimum absolute atomic E-state index is 0.578. The lowest BCUT2D eigenvalue weighted by Crippen LogP contribution is -2.16. The zero-order valence-corrected chi connectivity index (χ0v) is 12.3. The van der Waals surface area contributed by atoms with Crippen molar-refractivity contribution in [2.24, 2.45) is 11.7 Å². The van der Waals surface area contributed by atoms with Crippen LogP contribution in [0.4, 0.5) is 0 Å². The molecule has 1 aliphatic rings. The fraction of sp³-hybridized carbons (Fsp3) is 0.647. The molecule has 0 radical (unpaired) electrons. The molecule has 1 fully saturated rings. The Balaban J connectivity index is 2.32. The summed E-state index contributed by atoms with van der Waals surface area (Å²) in [4.78, 5) is 0. The first-order chi connectivity index (χ1) is 9.30. The summed E-state index contributed by atoms with van der Waals surface area (Å²) in [6, 6.07) is 6.65. The van der Waals surface area contributed by atoms with Crippen LogP contribution >= 0.6 is 0 Å². The van der Waals surface area contributed by atoms with E-state index < -0.39 is 0 Å². The second kappa shape index (κ2) is 6.95. The van der Waals surface area contributed by atoms with Crippen LogP contribution in [0.2, 0.25) is 0 Å². The first-order valence-electron chi connectivity index (χ1n) is 7.67. The molecule has 106 valence electrons. The van der Waals surface area contributed by atoms with Gasteiger partial charge in [0.2, 0.25) is 0 Å². The highest BCUT2D eigenvalue weighted by molar-refractivity contribution is 5.40. The van der Waals surface area contributed by atoms with Crippen molar-refractivity contribution >= 4 is 0 Å². The number of ether oxygens (including phenoxy) is 1. The lowest BCUT2D eigenvalue weighted by Gasteiger charge is -2.25. The number of hydrogen-bond donors (Lipinski definition) is 1. The van der Waals surface area contributed by atoms with Gasteiger partial charge >= 0.3 is 0 Å². The van der Waals surface area contributed by atoms with Crippen LogP contribution in [0.3, 0.4) is 0 Å². The van der Waals surface area contributed by atoms with Gasteiger partial charge in [0.05, 0.1) is 7.11 Å². The van der Waals surface area contributed by atoms with E-state index in [1.54, 1.807) is 7.11 Å². The van der Waals surface area contributed by atoms with Crippen LogP contribution in [-0.2, 0) is 6.42 Å². The third kappa shape index (κ3) is 3.30. The molecule has 2 heteroatoms. The zero-order chi connectivity index (χ0) is 13.7. The highest BCUT2D eigenvalue weighted by Crippen LogP contribution is 2.42. The molecule has 0 amide bonds. The number of hydrogen-bond acceptors (Lipinski definition) is 2. The fourth-order valence-corrected chi connectivity index (χ4v) is 3.48. The van der Waals surface area contributed by atoms with Crippen LogP contribution in [-0.4, -0.2) is 13.7 Å². The molecular formula is C17H27NO. The largest absolute Gasteiger partial charge is 0.496 e. The lowest BCUT2D eigenvalue weighted by atomic mass is 9.81. The Morgan fingerprint density at radius 2 is 2.05 bits per heavy atom. The molecule has 2 nitrogen and oxygen atoms in total. The lowest BCUT2D eigenvalue weighted by molar-refractivity contribution is 0.373. The van der Waals surface area contributed by atoms with Crippen molar-refractivity contribution < 1.29 is 4.74 Å². The predicted molar refractivity (Wildman–Crippen MR) is 80.7 cm³/mol. The van der Waals surface area contributed by atoms with Crippen molar-refractivity contribution in [1.29, 1.82) is 0 Å². The average molecular weight is 261 g/mol. The molecule has 0 saturated heterocycles. The molecule has 1 unspecified atom stereocenters. The van der Waals surface area contributed by atoms with Gasteiger partial charge in [-0.3, -0.25) is 0 Å². The van der Waals surface area contributed by atoms with Crippen LogP contribution in [0.1, 0.15) is 56.1 Å². The van der Waals surface area contributed by atoms with E-state index in [1.807, 2.05) is 0 Å². The Kier molecular flexibility index (Phi) is 5.26. The van der Waals surface area contributed by atoms with Crippen molar-refractivity contribution in [3.05, 3.63) is 29.3 Å². The maximum absolute atomic E-state index is 5.86. The number of benzene rings is 1. The number of nitrogens with two attached hydrogens (primary N) is 1. The topological polar surface area (TPSA) is 35.2 Å². The third-order valence-corrected chi connectivity index (χ3v) is 4.55. The summed E-state index contributed by atoms with van der Waals surface area (Å²) in [7, 11) is 1.78. The molecule has 0 aromatic heterocycles. The van der Waals surface area contributed by atoms with Crippen LogP contribution in [0, 0.1) is 5.92 Å². The number of methoxy groups -OCH3 is 1. The summed E-state index contributed by atoms with van der Waals surface area (Å²) in [5.74, 6) is 2.42. The summed E-state index contributed by atoms with van der Waals surface area (Å²) >= 11 is 0. The average Bonchev–Trinajstić information content (AvgIpc) is 2.98. The molecule has 1 aromatic rings. The molecule has 0 heterocycles. The summed E-state index contributed by atoms with van der Waals surface area (Å²) in [6.07, 6.45) is 7.61. The summed E-state index contributed by atoms with van der Waals surface area (Å²) in [5.41, 5.74) is 8.64. The monoisotopic (exact) mass is 261 g/mol. The van der Waals surface area contributed by atoms with Crippen molar-refractivity contribution in [3.63, 3.8) is 0 Å². The van der Waals surface area contributed by atoms with Gasteiger partial charge in [0.15, 0.2) is 0 Å². The molecule has 2 rings (SSSR count). The predicted octanol–water partition coefficient (Wildman–Crippen LogP) is 3.88. The van der Waals surface area contributed by atoms with Gasteiger partial charge in [-0.15, -0.1) is 0 Å². The minimum Gasteiger partial charge on any atom is -0.496 e. The second-order valence-corrected chi connectivity index (χ2v) is 5.66. The van der Waals surface area contributed by atoms with Crippen molar-refractivity contribution in [2.45, 2.75) is 51.4 Å². The van der Waals surface area contributed by atoms with Crippen LogP contribution in [0.15, 0.2) is 18.2 Å². The molecule has 1 aromatic carbocycles. The molecule has 1 atom stereocenters. The number of aryl methyl sites for hydroxylation is 1. The molecule has 19 heavy (non-hydrogen) atoms. The number of rotatable bonds is 6. The second-order valence-electron chi connectivity index (χ2n) is 5.66. The van der Waals surface area contributed by atoms with Gasteiger partial charge in [-0.2, -0.15) is 0 Å². The Morgan fingerprint density at radius 1 is 1.32 bits per heavy atom. The van der Waals surface area contributed by atoms with Crippen molar-refractivity contribution in [1.82, 2.24) is 0 Å². The fourth-order valence-electron chi connectivity index (χ4n) is 3.48. The molecule has 0 bridgehead atoms. The molecule has 0 spiro atoms. The quantitative estimate of drug-likeness (QED) is 0.843. The van der Waals surface area contributed by atoms with E-state index in [-0.39, 0.29) is 0 Å². The van der Waals surface area contributed by atoms with Crippen molar-refractivity contribution in [2.75, 3.05) is 13.7 Å². The first-order valence-corrected chi connectivity index (χ1v) is 7.67. The van der Waals surface area contributed by atoms with Gasteiger partial charge in [0, 0.05) is 0 Å². The minimum atomic E-state index is 0.578. The van der Waals surface area contributed by atoms with E-state index in [9.17, 15) is 0 Å². The van der Waals surface area contributed by atoms with E-state index in [0.717, 1.165) is 31.1 Å². The third-order valence-electron chi connectivity index (χ3n) is 4.55. The highest BCUT2D eigenvalue weighted by atomic mass is 16.5. The molecule has 1 saturated carbocycles. The molecule has 2 N–H and O–H groups in total. The molecule has 1 aliphatic carbocycles. The summed E-state index contributed by atoms with van der Waals surface area (Å²) in [6.45, 7) is 2.97. The maximum atomic E-state index is 5.86.